The predicted octanol–water partition coefficient (Wildman–Crippen LogP) is 0.160. The Morgan fingerprint density at radius 1 is 1.64 bits per heavy atom. The van der Waals surface area contributed by atoms with Crippen molar-refractivity contribution in [3.63, 3.8) is 0 Å². The molecule has 0 aromatic heterocycles. The largest absolute Gasteiger partial charge is 0.297 e. The molecule has 1 aliphatic rings. The summed E-state index contributed by atoms with van der Waals surface area (Å²) in [6, 6.07) is 0. The van der Waals surface area contributed by atoms with Gasteiger partial charge in [0.15, 0.2) is 0 Å². The van der Waals surface area contributed by atoms with Crippen LogP contribution >= 0.6 is 0 Å². The summed E-state index contributed by atoms with van der Waals surface area (Å²) < 4.78 is 0. The minimum Gasteiger partial charge on any atom is -0.297 e. The molecule has 1 unspecified atom stereocenters. The van der Waals surface area contributed by atoms with E-state index in [0.29, 0.717) is 19.3 Å². The molecule has 0 aromatic carbocycles. The topological polar surface area (TPSA) is 46.2 Å². The molecule has 1 rings (SSSR count). The lowest BCUT2D eigenvalue weighted by Gasteiger charge is -2.30. The van der Waals surface area contributed by atoms with Gasteiger partial charge in [-0.1, -0.05) is 6.92 Å². The van der Waals surface area contributed by atoms with Crippen molar-refractivity contribution in [2.24, 2.45) is 0 Å². The smallest absolute Gasteiger partial charge is 0.226 e. The summed E-state index contributed by atoms with van der Waals surface area (Å²) in [5, 5.41) is 1.41. The van der Waals surface area contributed by atoms with Crippen molar-refractivity contribution in [1.82, 2.24) is 5.32 Å². The van der Waals surface area contributed by atoms with Gasteiger partial charge in [-0.25, -0.2) is 0 Å². The van der Waals surface area contributed by atoms with Crippen molar-refractivity contribution in [2.45, 2.75) is 31.5 Å². The third-order valence-corrected chi connectivity index (χ3v) is 2.13. The van der Waals surface area contributed by atoms with Crippen molar-refractivity contribution in [1.29, 1.82) is 0 Å². The van der Waals surface area contributed by atoms with Crippen LogP contribution in [0, 0.1) is 0 Å². The zero-order valence-corrected chi connectivity index (χ0v) is 6.52. The third-order valence-electron chi connectivity index (χ3n) is 2.13. The van der Waals surface area contributed by atoms with Gasteiger partial charge in [0.05, 0.1) is 7.85 Å². The van der Waals surface area contributed by atoms with Crippen LogP contribution in [0.15, 0.2) is 0 Å². The maximum atomic E-state index is 11.1. The quantitative estimate of drug-likeness (QED) is 0.428. The maximum absolute atomic E-state index is 11.1. The fourth-order valence-corrected chi connectivity index (χ4v) is 1.10. The van der Waals surface area contributed by atoms with E-state index < -0.39 is 5.31 Å². The summed E-state index contributed by atoms with van der Waals surface area (Å²) in [5.74, 6) is -0.555. The van der Waals surface area contributed by atoms with Crippen LogP contribution in [0.1, 0.15) is 26.2 Å². The van der Waals surface area contributed by atoms with Crippen LogP contribution in [0.4, 0.5) is 0 Å². The standard InChI is InChI=1S/C7H10BNO2/c1-2-7(8)4-3-5(10)9-6(7)11/h2-4H2,1H3,(H,9,10,11). The lowest BCUT2D eigenvalue weighted by molar-refractivity contribution is -0.135. The number of nitrogens with one attached hydrogen (secondary N) is 1. The third kappa shape index (κ3) is 1.44. The Labute approximate surface area is 66.9 Å². The van der Waals surface area contributed by atoms with Crippen LogP contribution in [-0.4, -0.2) is 19.7 Å². The first-order valence-electron chi connectivity index (χ1n) is 3.71. The summed E-state index contributed by atoms with van der Waals surface area (Å²) >= 11 is 0. The molecule has 58 valence electrons. The van der Waals surface area contributed by atoms with Crippen molar-refractivity contribution < 1.29 is 9.59 Å². The number of rotatable bonds is 1. The van der Waals surface area contributed by atoms with Gasteiger partial charge in [0.2, 0.25) is 11.8 Å². The fraction of sp³-hybridized carbons (Fsp3) is 0.714. The first-order valence-corrected chi connectivity index (χ1v) is 3.71. The van der Waals surface area contributed by atoms with Gasteiger partial charge in [0.25, 0.3) is 0 Å². The Morgan fingerprint density at radius 2 is 2.27 bits per heavy atom. The van der Waals surface area contributed by atoms with Gasteiger partial charge >= 0.3 is 0 Å². The molecule has 1 saturated heterocycles. The van der Waals surface area contributed by atoms with E-state index in [4.69, 9.17) is 7.85 Å². The number of piperidine rings is 1. The van der Waals surface area contributed by atoms with Gasteiger partial charge in [-0.2, -0.15) is 0 Å². The Hall–Kier alpha value is -0.795. The monoisotopic (exact) mass is 151 g/mol. The van der Waals surface area contributed by atoms with E-state index in [9.17, 15) is 9.59 Å². The lowest BCUT2D eigenvalue weighted by atomic mass is 9.62. The van der Waals surface area contributed by atoms with Gasteiger partial charge in [-0.15, -0.1) is 0 Å². The predicted molar refractivity (Wildman–Crippen MR) is 41.1 cm³/mol. The second-order valence-corrected chi connectivity index (χ2v) is 2.89. The highest BCUT2D eigenvalue weighted by molar-refractivity contribution is 6.30. The van der Waals surface area contributed by atoms with Crippen LogP contribution in [-0.2, 0) is 9.59 Å². The minimum atomic E-state index is -0.812. The first-order chi connectivity index (χ1) is 5.08. The normalized spacial score (nSPS) is 31.7. The van der Waals surface area contributed by atoms with Crippen LogP contribution in [0.2, 0.25) is 5.31 Å². The van der Waals surface area contributed by atoms with E-state index in [0.717, 1.165) is 0 Å². The number of amides is 2. The molecule has 0 bridgehead atoms. The van der Waals surface area contributed by atoms with Crippen LogP contribution in [0.3, 0.4) is 0 Å². The highest BCUT2D eigenvalue weighted by Crippen LogP contribution is 2.34. The van der Waals surface area contributed by atoms with Crippen LogP contribution < -0.4 is 5.32 Å². The average molecular weight is 151 g/mol. The Kier molecular flexibility index (Phi) is 2.02. The molecule has 1 fully saturated rings. The van der Waals surface area contributed by atoms with Crippen molar-refractivity contribution in [3.8, 4) is 0 Å². The molecule has 2 radical (unpaired) electrons. The highest BCUT2D eigenvalue weighted by Gasteiger charge is 2.35. The molecule has 3 nitrogen and oxygen atoms in total. The van der Waals surface area contributed by atoms with Gasteiger partial charge < -0.3 is 0 Å². The number of carbonyl (C=O) groups is 2. The fourth-order valence-electron chi connectivity index (χ4n) is 1.10. The summed E-state index contributed by atoms with van der Waals surface area (Å²) in [4.78, 5) is 21.8. The second-order valence-electron chi connectivity index (χ2n) is 2.89. The minimum absolute atomic E-state index is 0.218. The molecule has 4 heteroatoms. The average Bonchev–Trinajstić information content (AvgIpc) is 1.98. The molecule has 2 amide bonds. The molecule has 0 aromatic rings. The molecule has 0 aliphatic carbocycles. The van der Waals surface area contributed by atoms with Crippen molar-refractivity contribution in [2.75, 3.05) is 0 Å². The van der Waals surface area contributed by atoms with E-state index in [1.54, 1.807) is 0 Å². The summed E-state index contributed by atoms with van der Waals surface area (Å²) in [7, 11) is 5.70. The van der Waals surface area contributed by atoms with E-state index in [1.807, 2.05) is 6.92 Å². The molecule has 0 spiro atoms. The van der Waals surface area contributed by atoms with E-state index in [2.05, 4.69) is 5.32 Å². The summed E-state index contributed by atoms with van der Waals surface area (Å²) in [5.41, 5.74) is 0. The van der Waals surface area contributed by atoms with Crippen molar-refractivity contribution in [3.05, 3.63) is 0 Å². The summed E-state index contributed by atoms with van der Waals surface area (Å²) in [6.07, 6.45) is 1.40. The van der Waals surface area contributed by atoms with Crippen LogP contribution in [0.25, 0.3) is 0 Å². The number of carbonyl (C=O) groups excluding carboxylic acids is 2. The molecular formula is C7H10BNO2. The SMILES string of the molecule is [B]C1(CC)CCC(=O)NC1=O. The van der Waals surface area contributed by atoms with Gasteiger partial charge in [0.1, 0.15) is 0 Å². The number of hydrogen-bond donors (Lipinski definition) is 1. The molecule has 1 N–H and O–H groups in total. The second kappa shape index (κ2) is 2.68. The Bertz CT molecular complexity index is 205. The molecule has 1 heterocycles. The van der Waals surface area contributed by atoms with Gasteiger partial charge in [-0.05, 0) is 12.8 Å². The lowest BCUT2D eigenvalue weighted by Crippen LogP contribution is -2.44. The Balaban J connectivity index is 2.71. The summed E-state index contributed by atoms with van der Waals surface area (Å²) in [6.45, 7) is 1.84. The van der Waals surface area contributed by atoms with E-state index >= 15 is 0 Å². The maximum Gasteiger partial charge on any atom is 0.226 e. The van der Waals surface area contributed by atoms with E-state index in [1.165, 1.54) is 0 Å². The Morgan fingerprint density at radius 3 is 2.73 bits per heavy atom. The molecule has 11 heavy (non-hydrogen) atoms. The van der Waals surface area contributed by atoms with Crippen LogP contribution in [0.5, 0.6) is 0 Å². The molecule has 0 saturated carbocycles. The zero-order chi connectivity index (χ0) is 8.48. The first kappa shape index (κ1) is 8.30. The molecular weight excluding hydrogens is 141 g/mol. The zero-order valence-electron chi connectivity index (χ0n) is 6.52. The van der Waals surface area contributed by atoms with E-state index in [-0.39, 0.29) is 11.8 Å². The highest BCUT2D eigenvalue weighted by atomic mass is 16.2. The van der Waals surface area contributed by atoms with Gasteiger partial charge in [-0.3, -0.25) is 14.9 Å². The number of imide groups is 1. The van der Waals surface area contributed by atoms with Crippen molar-refractivity contribution >= 4 is 19.7 Å². The molecule has 1 atom stereocenters. The molecule has 1 aliphatic heterocycles. The van der Waals surface area contributed by atoms with Gasteiger partial charge in [0, 0.05) is 11.7 Å². The number of hydrogen-bond acceptors (Lipinski definition) is 2.